The Kier molecular flexibility index (Phi) is 5.73. The maximum atomic E-state index is 11.3. The average molecular weight is 295 g/mol. The standard InChI is InChI=1S/C15H25N3O3/c1-3-18(4-2)10-9-13-16-14(21-17-13)11-7-5-6-8-12(11)15(19)20/h11-12H,3-10H2,1-2H3,(H,19,20). The minimum atomic E-state index is -0.748. The van der Waals surface area contributed by atoms with Crippen LogP contribution in [0.25, 0.3) is 0 Å². The largest absolute Gasteiger partial charge is 0.481 e. The maximum absolute atomic E-state index is 11.3. The van der Waals surface area contributed by atoms with Gasteiger partial charge in [0.25, 0.3) is 0 Å². The van der Waals surface area contributed by atoms with E-state index in [-0.39, 0.29) is 11.8 Å². The highest BCUT2D eigenvalue weighted by molar-refractivity contribution is 5.71. The molecule has 0 spiro atoms. The molecule has 2 atom stereocenters. The zero-order valence-corrected chi connectivity index (χ0v) is 12.9. The molecule has 1 aliphatic carbocycles. The van der Waals surface area contributed by atoms with Crippen LogP contribution in [-0.4, -0.2) is 45.8 Å². The van der Waals surface area contributed by atoms with Crippen LogP contribution in [0.15, 0.2) is 4.52 Å². The maximum Gasteiger partial charge on any atom is 0.307 e. The van der Waals surface area contributed by atoms with Gasteiger partial charge in [0.1, 0.15) is 0 Å². The van der Waals surface area contributed by atoms with Gasteiger partial charge in [-0.05, 0) is 25.9 Å². The molecule has 1 aromatic heterocycles. The Labute approximate surface area is 125 Å². The molecule has 6 heteroatoms. The summed E-state index contributed by atoms with van der Waals surface area (Å²) in [5.74, 6) is -0.0494. The summed E-state index contributed by atoms with van der Waals surface area (Å²) in [4.78, 5) is 18.1. The lowest BCUT2D eigenvalue weighted by Crippen LogP contribution is -2.26. The van der Waals surface area contributed by atoms with Crippen molar-refractivity contribution in [2.24, 2.45) is 5.92 Å². The molecule has 2 rings (SSSR count). The molecule has 1 N–H and O–H groups in total. The lowest BCUT2D eigenvalue weighted by molar-refractivity contribution is -0.143. The molecule has 118 valence electrons. The monoisotopic (exact) mass is 295 g/mol. The molecule has 0 aromatic carbocycles. The van der Waals surface area contributed by atoms with Crippen molar-refractivity contribution in [1.82, 2.24) is 15.0 Å². The fourth-order valence-corrected chi connectivity index (χ4v) is 3.04. The molecule has 0 aliphatic heterocycles. The normalized spacial score (nSPS) is 22.6. The molecule has 21 heavy (non-hydrogen) atoms. The van der Waals surface area contributed by atoms with Crippen LogP contribution in [-0.2, 0) is 11.2 Å². The molecule has 1 heterocycles. The minimum absolute atomic E-state index is 0.119. The molecular formula is C15H25N3O3. The number of aliphatic carboxylic acids is 1. The number of carboxylic acid groups (broad SMARTS) is 1. The SMILES string of the molecule is CCN(CC)CCc1noc(C2CCCCC2C(=O)O)n1. The van der Waals surface area contributed by atoms with E-state index in [0.29, 0.717) is 18.1 Å². The number of likely N-dealkylation sites (N-methyl/N-ethyl adjacent to an activating group) is 1. The summed E-state index contributed by atoms with van der Waals surface area (Å²) < 4.78 is 5.34. The highest BCUT2D eigenvalue weighted by Gasteiger charge is 2.35. The van der Waals surface area contributed by atoms with E-state index in [0.717, 1.165) is 45.3 Å². The summed E-state index contributed by atoms with van der Waals surface area (Å²) in [6.45, 7) is 7.17. The summed E-state index contributed by atoms with van der Waals surface area (Å²) in [6.07, 6.45) is 4.28. The van der Waals surface area contributed by atoms with Gasteiger partial charge in [-0.15, -0.1) is 0 Å². The predicted molar refractivity (Wildman–Crippen MR) is 78.1 cm³/mol. The summed E-state index contributed by atoms with van der Waals surface area (Å²) >= 11 is 0. The fraction of sp³-hybridized carbons (Fsp3) is 0.800. The van der Waals surface area contributed by atoms with Crippen molar-refractivity contribution < 1.29 is 14.4 Å². The van der Waals surface area contributed by atoms with E-state index in [1.807, 2.05) is 0 Å². The first-order valence-corrected chi connectivity index (χ1v) is 7.93. The Hall–Kier alpha value is -1.43. The van der Waals surface area contributed by atoms with Crippen molar-refractivity contribution in [1.29, 1.82) is 0 Å². The van der Waals surface area contributed by atoms with Crippen molar-refractivity contribution in [2.75, 3.05) is 19.6 Å². The number of carboxylic acids is 1. The van der Waals surface area contributed by atoms with Crippen molar-refractivity contribution in [3.05, 3.63) is 11.7 Å². The first-order valence-electron chi connectivity index (χ1n) is 7.93. The molecule has 0 bridgehead atoms. The summed E-state index contributed by atoms with van der Waals surface area (Å²) in [6, 6.07) is 0. The van der Waals surface area contributed by atoms with Gasteiger partial charge in [-0.3, -0.25) is 4.79 Å². The van der Waals surface area contributed by atoms with Crippen LogP contribution in [0.3, 0.4) is 0 Å². The van der Waals surface area contributed by atoms with Gasteiger partial charge in [0, 0.05) is 13.0 Å². The van der Waals surface area contributed by atoms with Gasteiger partial charge >= 0.3 is 5.97 Å². The molecule has 6 nitrogen and oxygen atoms in total. The Morgan fingerprint density at radius 3 is 2.71 bits per heavy atom. The average Bonchev–Trinajstić information content (AvgIpc) is 2.97. The summed E-state index contributed by atoms with van der Waals surface area (Å²) in [5.41, 5.74) is 0. The molecule has 1 fully saturated rings. The topological polar surface area (TPSA) is 79.5 Å². The zero-order valence-electron chi connectivity index (χ0n) is 12.9. The number of hydrogen-bond donors (Lipinski definition) is 1. The van der Waals surface area contributed by atoms with Gasteiger partial charge in [-0.25, -0.2) is 0 Å². The molecule has 0 amide bonds. The predicted octanol–water partition coefficient (Wildman–Crippen LogP) is 2.31. The van der Waals surface area contributed by atoms with Crippen molar-refractivity contribution in [3.8, 4) is 0 Å². The first-order chi connectivity index (χ1) is 10.2. The number of carbonyl (C=O) groups is 1. The Balaban J connectivity index is 1.99. The van der Waals surface area contributed by atoms with E-state index in [4.69, 9.17) is 4.52 Å². The van der Waals surface area contributed by atoms with Crippen molar-refractivity contribution >= 4 is 5.97 Å². The van der Waals surface area contributed by atoms with Gasteiger partial charge in [-0.2, -0.15) is 4.98 Å². The number of rotatable bonds is 7. The third-order valence-electron chi connectivity index (χ3n) is 4.43. The van der Waals surface area contributed by atoms with E-state index in [9.17, 15) is 9.90 Å². The number of aromatic nitrogens is 2. The second-order valence-electron chi connectivity index (χ2n) is 5.66. The van der Waals surface area contributed by atoms with Gasteiger partial charge in [0.05, 0.1) is 11.8 Å². The minimum Gasteiger partial charge on any atom is -0.481 e. The van der Waals surface area contributed by atoms with Crippen LogP contribution in [0, 0.1) is 5.92 Å². The second-order valence-corrected chi connectivity index (χ2v) is 5.66. The van der Waals surface area contributed by atoms with Gasteiger partial charge in [0.15, 0.2) is 5.82 Å². The van der Waals surface area contributed by atoms with Crippen molar-refractivity contribution in [3.63, 3.8) is 0 Å². The van der Waals surface area contributed by atoms with Crippen LogP contribution in [0.1, 0.15) is 57.2 Å². The molecule has 2 unspecified atom stereocenters. The zero-order chi connectivity index (χ0) is 15.2. The van der Waals surface area contributed by atoms with E-state index in [1.165, 1.54) is 0 Å². The Morgan fingerprint density at radius 2 is 2.05 bits per heavy atom. The quantitative estimate of drug-likeness (QED) is 0.831. The first kappa shape index (κ1) is 15.9. The summed E-state index contributed by atoms with van der Waals surface area (Å²) in [7, 11) is 0. The fourth-order valence-electron chi connectivity index (χ4n) is 3.04. The molecular weight excluding hydrogens is 270 g/mol. The third kappa shape index (κ3) is 4.03. The van der Waals surface area contributed by atoms with E-state index in [2.05, 4.69) is 28.9 Å². The van der Waals surface area contributed by atoms with Crippen LogP contribution >= 0.6 is 0 Å². The van der Waals surface area contributed by atoms with Crippen LogP contribution < -0.4 is 0 Å². The molecule has 1 aliphatic rings. The Morgan fingerprint density at radius 1 is 1.33 bits per heavy atom. The lowest BCUT2D eigenvalue weighted by atomic mass is 9.79. The van der Waals surface area contributed by atoms with Crippen LogP contribution in [0.2, 0.25) is 0 Å². The van der Waals surface area contributed by atoms with Gasteiger partial charge < -0.3 is 14.5 Å². The molecule has 0 radical (unpaired) electrons. The van der Waals surface area contributed by atoms with Crippen molar-refractivity contribution in [2.45, 2.75) is 51.9 Å². The molecule has 1 saturated carbocycles. The third-order valence-corrected chi connectivity index (χ3v) is 4.43. The molecule has 0 saturated heterocycles. The smallest absolute Gasteiger partial charge is 0.307 e. The van der Waals surface area contributed by atoms with Gasteiger partial charge in [-0.1, -0.05) is 31.8 Å². The van der Waals surface area contributed by atoms with Crippen LogP contribution in [0.4, 0.5) is 0 Å². The second kappa shape index (κ2) is 7.54. The number of hydrogen-bond acceptors (Lipinski definition) is 5. The Bertz CT molecular complexity index is 457. The summed E-state index contributed by atoms with van der Waals surface area (Å²) in [5, 5.41) is 13.3. The number of nitrogens with zero attached hydrogens (tertiary/aromatic N) is 3. The van der Waals surface area contributed by atoms with E-state index in [1.54, 1.807) is 0 Å². The highest BCUT2D eigenvalue weighted by atomic mass is 16.5. The molecule has 1 aromatic rings. The van der Waals surface area contributed by atoms with E-state index < -0.39 is 5.97 Å². The van der Waals surface area contributed by atoms with Crippen LogP contribution in [0.5, 0.6) is 0 Å². The van der Waals surface area contributed by atoms with Gasteiger partial charge in [0.2, 0.25) is 5.89 Å². The lowest BCUT2D eigenvalue weighted by Gasteiger charge is -2.25. The van der Waals surface area contributed by atoms with E-state index >= 15 is 0 Å². The highest BCUT2D eigenvalue weighted by Crippen LogP contribution is 2.37.